The van der Waals surface area contributed by atoms with Gasteiger partial charge in [0.05, 0.1) is 12.7 Å². The third kappa shape index (κ3) is 7.85. The van der Waals surface area contributed by atoms with E-state index >= 15 is 0 Å². The highest BCUT2D eigenvalue weighted by atomic mass is 16.7. The summed E-state index contributed by atoms with van der Waals surface area (Å²) in [6, 6.07) is 0. The van der Waals surface area contributed by atoms with Crippen LogP contribution in [0.2, 0.25) is 0 Å². The van der Waals surface area contributed by atoms with Crippen LogP contribution in [0.3, 0.4) is 0 Å². The van der Waals surface area contributed by atoms with Gasteiger partial charge in [-0.25, -0.2) is 4.79 Å². The number of hydroxylamine groups is 1. The minimum atomic E-state index is -1.60. The van der Waals surface area contributed by atoms with Crippen molar-refractivity contribution in [2.75, 3.05) is 20.3 Å². The topological polar surface area (TPSA) is 117 Å². The van der Waals surface area contributed by atoms with Crippen LogP contribution in [0, 0.1) is 5.92 Å². The largest absolute Gasteiger partial charge is 0.390 e. The number of carbonyl (C=O) groups is 1. The van der Waals surface area contributed by atoms with Gasteiger partial charge >= 0.3 is 5.97 Å². The van der Waals surface area contributed by atoms with Crippen LogP contribution in [-0.2, 0) is 19.1 Å². The van der Waals surface area contributed by atoms with E-state index in [4.69, 9.17) is 9.47 Å². The lowest BCUT2D eigenvalue weighted by molar-refractivity contribution is -0.269. The molecule has 0 bridgehead atoms. The Morgan fingerprint density at radius 1 is 1.12 bits per heavy atom. The van der Waals surface area contributed by atoms with Crippen molar-refractivity contribution in [1.82, 2.24) is 5.48 Å². The fraction of sp³-hybridized carbons (Fsp3) is 0.944. The summed E-state index contributed by atoms with van der Waals surface area (Å²) in [5.41, 5.74) is 2.16. The predicted molar refractivity (Wildman–Crippen MR) is 95.0 cm³/mol. The van der Waals surface area contributed by atoms with Crippen LogP contribution in [0.4, 0.5) is 0 Å². The third-order valence-electron chi connectivity index (χ3n) is 4.65. The highest BCUT2D eigenvalue weighted by Crippen LogP contribution is 2.25. The second-order valence-corrected chi connectivity index (χ2v) is 6.76. The molecule has 0 saturated carbocycles. The molecule has 1 aliphatic rings. The predicted octanol–water partition coefficient (Wildman–Crippen LogP) is 0.877. The average Bonchev–Trinajstić information content (AvgIpc) is 2.63. The molecule has 0 aromatic rings. The molecule has 3 unspecified atom stereocenters. The van der Waals surface area contributed by atoms with Crippen LogP contribution in [0.1, 0.15) is 58.3 Å². The number of ether oxygens (including phenoxy) is 2. The zero-order valence-corrected chi connectivity index (χ0v) is 15.9. The normalized spacial score (nSPS) is 27.3. The summed E-state index contributed by atoms with van der Waals surface area (Å²) in [4.78, 5) is 16.0. The quantitative estimate of drug-likeness (QED) is 0.276. The zero-order chi connectivity index (χ0) is 19.4. The monoisotopic (exact) mass is 377 g/mol. The first kappa shape index (κ1) is 23.3. The SMILES string of the molecule is CCCCCCCCCCO[C@H]1OC[C@H](C(O)C(=O)ONC)C(O)C1O. The lowest BCUT2D eigenvalue weighted by atomic mass is 9.90. The number of hydrogen-bond acceptors (Lipinski definition) is 8. The van der Waals surface area contributed by atoms with Crippen LogP contribution < -0.4 is 5.48 Å². The second kappa shape index (κ2) is 13.4. The average molecular weight is 377 g/mol. The molecule has 26 heavy (non-hydrogen) atoms. The van der Waals surface area contributed by atoms with E-state index in [0.717, 1.165) is 19.3 Å². The summed E-state index contributed by atoms with van der Waals surface area (Å²) < 4.78 is 10.9. The Morgan fingerprint density at radius 2 is 1.73 bits per heavy atom. The summed E-state index contributed by atoms with van der Waals surface area (Å²) in [5.74, 6) is -1.92. The van der Waals surface area contributed by atoms with E-state index in [-0.39, 0.29) is 6.61 Å². The summed E-state index contributed by atoms with van der Waals surface area (Å²) >= 11 is 0. The van der Waals surface area contributed by atoms with E-state index in [1.54, 1.807) is 0 Å². The lowest BCUT2D eigenvalue weighted by Gasteiger charge is -2.38. The van der Waals surface area contributed by atoms with E-state index in [1.165, 1.54) is 39.2 Å². The smallest absolute Gasteiger partial charge is 0.354 e. The molecule has 8 nitrogen and oxygen atoms in total. The van der Waals surface area contributed by atoms with Gasteiger partial charge in [-0.05, 0) is 6.42 Å². The molecular weight excluding hydrogens is 342 g/mol. The molecule has 1 aliphatic heterocycles. The van der Waals surface area contributed by atoms with Gasteiger partial charge in [0.15, 0.2) is 12.4 Å². The zero-order valence-electron chi connectivity index (χ0n) is 15.9. The molecule has 0 aromatic heterocycles. The summed E-state index contributed by atoms with van der Waals surface area (Å²) in [6.07, 6.45) is 4.17. The van der Waals surface area contributed by atoms with Gasteiger partial charge in [-0.15, -0.1) is 0 Å². The minimum Gasteiger partial charge on any atom is -0.390 e. The van der Waals surface area contributed by atoms with Gasteiger partial charge < -0.3 is 29.6 Å². The molecule has 154 valence electrons. The van der Waals surface area contributed by atoms with Crippen molar-refractivity contribution in [3.8, 4) is 0 Å². The Bertz CT molecular complexity index is 383. The second-order valence-electron chi connectivity index (χ2n) is 6.76. The first-order valence-corrected chi connectivity index (χ1v) is 9.67. The van der Waals surface area contributed by atoms with Gasteiger partial charge in [-0.2, -0.15) is 5.48 Å². The minimum absolute atomic E-state index is 0.111. The number of hydrogen-bond donors (Lipinski definition) is 4. The number of rotatable bonds is 13. The highest BCUT2D eigenvalue weighted by molar-refractivity contribution is 5.74. The van der Waals surface area contributed by atoms with Gasteiger partial charge in [-0.1, -0.05) is 51.9 Å². The summed E-state index contributed by atoms with van der Waals surface area (Å²) in [7, 11) is 1.38. The van der Waals surface area contributed by atoms with Crippen LogP contribution in [0.25, 0.3) is 0 Å². The van der Waals surface area contributed by atoms with Crippen molar-refractivity contribution in [3.05, 3.63) is 0 Å². The molecule has 5 atom stereocenters. The molecule has 8 heteroatoms. The molecule has 1 heterocycles. The molecule has 0 aromatic carbocycles. The van der Waals surface area contributed by atoms with Gasteiger partial charge in [0.1, 0.15) is 6.10 Å². The fourth-order valence-electron chi connectivity index (χ4n) is 3.01. The molecule has 0 radical (unpaired) electrons. The van der Waals surface area contributed by atoms with Gasteiger partial charge in [0.25, 0.3) is 0 Å². The number of unbranched alkanes of at least 4 members (excludes halogenated alkanes) is 7. The molecular formula is C18H35NO7. The molecule has 1 fully saturated rings. The molecule has 0 amide bonds. The molecule has 0 spiro atoms. The molecule has 0 aliphatic carbocycles. The van der Waals surface area contributed by atoms with E-state index in [9.17, 15) is 20.1 Å². The maximum Gasteiger partial charge on any atom is 0.354 e. The number of aliphatic hydroxyl groups is 3. The Morgan fingerprint density at radius 3 is 2.35 bits per heavy atom. The number of nitrogens with one attached hydrogen (secondary N) is 1. The molecule has 4 N–H and O–H groups in total. The van der Waals surface area contributed by atoms with Crippen LogP contribution in [0.5, 0.6) is 0 Å². The summed E-state index contributed by atoms with van der Waals surface area (Å²) in [5, 5.41) is 30.1. The van der Waals surface area contributed by atoms with Crippen molar-refractivity contribution in [2.24, 2.45) is 5.92 Å². The van der Waals surface area contributed by atoms with Crippen molar-refractivity contribution in [2.45, 2.75) is 82.9 Å². The first-order chi connectivity index (χ1) is 12.5. The van der Waals surface area contributed by atoms with Gasteiger partial charge in [-0.3, -0.25) is 0 Å². The van der Waals surface area contributed by atoms with E-state index in [1.807, 2.05) is 0 Å². The van der Waals surface area contributed by atoms with E-state index in [0.29, 0.717) is 6.61 Å². The Kier molecular flexibility index (Phi) is 12.0. The third-order valence-corrected chi connectivity index (χ3v) is 4.65. The standard InChI is InChI=1S/C18H35NO7/c1-3-4-5-6-7-8-9-10-11-24-18-16(22)14(20)13(12-25-18)15(21)17(23)26-19-2/h13-16,18-22H,3-12H2,1-2H3/t13-,14?,15?,16?,18-/m0/s1. The van der Waals surface area contributed by atoms with Crippen LogP contribution >= 0.6 is 0 Å². The lowest BCUT2D eigenvalue weighted by Crippen LogP contribution is -2.56. The maximum absolute atomic E-state index is 11.5. The van der Waals surface area contributed by atoms with Gasteiger partial charge in [0, 0.05) is 19.6 Å². The fourth-order valence-corrected chi connectivity index (χ4v) is 3.01. The van der Waals surface area contributed by atoms with E-state index in [2.05, 4.69) is 17.2 Å². The number of aliphatic hydroxyl groups excluding tert-OH is 3. The Balaban J connectivity index is 2.21. The Labute approximate surface area is 155 Å². The Hall–Kier alpha value is -0.770. The van der Waals surface area contributed by atoms with Crippen LogP contribution in [0.15, 0.2) is 0 Å². The molecule has 1 saturated heterocycles. The van der Waals surface area contributed by atoms with Crippen molar-refractivity contribution in [3.63, 3.8) is 0 Å². The van der Waals surface area contributed by atoms with Crippen molar-refractivity contribution < 1.29 is 34.4 Å². The number of carbonyl (C=O) groups excluding carboxylic acids is 1. The summed E-state index contributed by atoms with van der Waals surface area (Å²) in [6.45, 7) is 2.52. The molecule has 1 rings (SSSR count). The highest BCUT2D eigenvalue weighted by Gasteiger charge is 2.44. The van der Waals surface area contributed by atoms with E-state index < -0.39 is 36.5 Å². The van der Waals surface area contributed by atoms with Gasteiger partial charge in [0.2, 0.25) is 0 Å². The van der Waals surface area contributed by atoms with Crippen LogP contribution in [-0.4, -0.2) is 66.2 Å². The maximum atomic E-state index is 11.5. The first-order valence-electron chi connectivity index (χ1n) is 9.67. The van der Waals surface area contributed by atoms with Crippen molar-refractivity contribution >= 4 is 5.97 Å². The van der Waals surface area contributed by atoms with Crippen molar-refractivity contribution in [1.29, 1.82) is 0 Å².